The van der Waals surface area contributed by atoms with Crippen LogP contribution < -0.4 is 0 Å². The molecule has 0 radical (unpaired) electrons. The average Bonchev–Trinajstić information content (AvgIpc) is 2.49. The monoisotopic (exact) mass is 457 g/mol. The molecule has 0 unspecified atom stereocenters. The van der Waals surface area contributed by atoms with Gasteiger partial charge in [-0.1, -0.05) is 17.7 Å². The lowest BCUT2D eigenvalue weighted by Gasteiger charge is -2.45. The Kier molecular flexibility index (Phi) is 6.01. The Labute approximate surface area is 170 Å². The summed E-state index contributed by atoms with van der Waals surface area (Å²) >= 11 is 5.79. The van der Waals surface area contributed by atoms with Crippen LogP contribution in [0.15, 0.2) is 30.0 Å². The lowest BCUT2D eigenvalue weighted by atomic mass is 9.79. The molecular formula is C17H19ClF3NO6S. The summed E-state index contributed by atoms with van der Waals surface area (Å²) in [5.41, 5.74) is -7.90. The van der Waals surface area contributed by atoms with Crippen LogP contribution >= 0.6 is 11.6 Å². The van der Waals surface area contributed by atoms with E-state index in [0.717, 1.165) is 6.08 Å². The summed E-state index contributed by atoms with van der Waals surface area (Å²) in [6.07, 6.45) is 1.08. The van der Waals surface area contributed by atoms with E-state index >= 15 is 0 Å². The van der Waals surface area contributed by atoms with Gasteiger partial charge in [-0.3, -0.25) is 10.1 Å². The van der Waals surface area contributed by atoms with E-state index in [1.807, 2.05) is 0 Å². The molecule has 1 heterocycles. The standard InChI is InChI=1S/C17H19ClF3NO6S/c1-15(2)9-14(27-29(25,26)17(19,20)21)11(16(3,4)28-15)7-10-5-6-12(18)13(8-10)22(23)24/h5-6,8-9,11H,7H2,1-4H3/t11-/m0/s1. The van der Waals surface area contributed by atoms with Crippen molar-refractivity contribution < 1.29 is 35.4 Å². The predicted molar refractivity (Wildman–Crippen MR) is 98.7 cm³/mol. The van der Waals surface area contributed by atoms with Crippen LogP contribution in [-0.2, 0) is 25.5 Å². The SMILES string of the molecule is CC1(C)C=C(OS(=O)(=O)C(F)(F)F)[C@H](Cc2ccc(Cl)c([N+](=O)[O-])c2)C(C)(C)O1. The Morgan fingerprint density at radius 2 is 1.86 bits per heavy atom. The van der Waals surface area contributed by atoms with Crippen LogP contribution in [0.2, 0.25) is 5.02 Å². The van der Waals surface area contributed by atoms with Gasteiger partial charge < -0.3 is 8.92 Å². The molecule has 1 aromatic carbocycles. The van der Waals surface area contributed by atoms with E-state index in [1.54, 1.807) is 27.7 Å². The minimum Gasteiger partial charge on any atom is -0.380 e. The molecule has 1 aliphatic heterocycles. The van der Waals surface area contributed by atoms with Gasteiger partial charge in [0.2, 0.25) is 0 Å². The first-order valence-electron chi connectivity index (χ1n) is 8.32. The van der Waals surface area contributed by atoms with Gasteiger partial charge in [0.05, 0.1) is 22.0 Å². The Bertz CT molecular complexity index is 956. The first-order chi connectivity index (χ1) is 13.0. The molecule has 12 heteroatoms. The van der Waals surface area contributed by atoms with Crippen LogP contribution in [0.1, 0.15) is 33.3 Å². The number of ether oxygens (including phenoxy) is 1. The fourth-order valence-corrected chi connectivity index (χ4v) is 3.93. The number of hydrogen-bond donors (Lipinski definition) is 0. The maximum Gasteiger partial charge on any atom is 0.534 e. The van der Waals surface area contributed by atoms with Crippen molar-refractivity contribution in [2.45, 2.75) is 50.8 Å². The number of rotatable bonds is 5. The van der Waals surface area contributed by atoms with E-state index in [1.165, 1.54) is 18.2 Å². The molecule has 1 atom stereocenters. The van der Waals surface area contributed by atoms with Gasteiger partial charge in [-0.05, 0) is 51.8 Å². The molecule has 1 aliphatic rings. The molecule has 162 valence electrons. The van der Waals surface area contributed by atoms with E-state index < -0.39 is 43.4 Å². The molecule has 29 heavy (non-hydrogen) atoms. The molecule has 0 bridgehead atoms. The first kappa shape index (κ1) is 23.4. The Morgan fingerprint density at radius 1 is 1.28 bits per heavy atom. The molecule has 0 N–H and O–H groups in total. The smallest absolute Gasteiger partial charge is 0.380 e. The molecule has 2 rings (SSSR count). The van der Waals surface area contributed by atoms with Crippen LogP contribution in [0.4, 0.5) is 18.9 Å². The summed E-state index contributed by atoms with van der Waals surface area (Å²) in [6.45, 7) is 6.23. The highest BCUT2D eigenvalue weighted by Gasteiger charge is 2.52. The van der Waals surface area contributed by atoms with Crippen LogP contribution in [0.25, 0.3) is 0 Å². The van der Waals surface area contributed by atoms with E-state index in [0.29, 0.717) is 5.56 Å². The third-order valence-electron chi connectivity index (χ3n) is 4.34. The number of benzene rings is 1. The Morgan fingerprint density at radius 3 is 2.38 bits per heavy atom. The highest BCUT2D eigenvalue weighted by Crippen LogP contribution is 2.43. The van der Waals surface area contributed by atoms with Gasteiger partial charge in [-0.25, -0.2) is 0 Å². The summed E-state index contributed by atoms with van der Waals surface area (Å²) in [6, 6.07) is 3.92. The second kappa shape index (κ2) is 7.44. The number of halogens is 4. The van der Waals surface area contributed by atoms with Crippen molar-refractivity contribution in [1.29, 1.82) is 0 Å². The van der Waals surface area contributed by atoms with Gasteiger partial charge in [0.25, 0.3) is 5.69 Å². The predicted octanol–water partition coefficient (Wildman–Crippen LogP) is 4.74. The highest BCUT2D eigenvalue weighted by molar-refractivity contribution is 7.87. The fourth-order valence-electron chi connectivity index (χ4n) is 3.23. The van der Waals surface area contributed by atoms with Crippen molar-refractivity contribution in [3.05, 3.63) is 50.7 Å². The third-order valence-corrected chi connectivity index (χ3v) is 5.63. The largest absolute Gasteiger partial charge is 0.534 e. The molecule has 0 spiro atoms. The molecule has 0 saturated carbocycles. The molecule has 0 amide bonds. The van der Waals surface area contributed by atoms with E-state index in [2.05, 4.69) is 4.18 Å². The zero-order valence-electron chi connectivity index (χ0n) is 15.9. The first-order valence-corrected chi connectivity index (χ1v) is 10.1. The van der Waals surface area contributed by atoms with Gasteiger partial charge in [0.1, 0.15) is 10.8 Å². The zero-order chi connectivity index (χ0) is 22.4. The molecule has 0 saturated heterocycles. The minimum atomic E-state index is -5.90. The second-order valence-electron chi connectivity index (χ2n) is 7.64. The minimum absolute atomic E-state index is 0.0830. The van der Waals surface area contributed by atoms with E-state index in [-0.39, 0.29) is 17.1 Å². The maximum atomic E-state index is 12.9. The molecule has 0 fully saturated rings. The Hall–Kier alpha value is -1.85. The fraction of sp³-hybridized carbons (Fsp3) is 0.529. The van der Waals surface area contributed by atoms with Gasteiger partial charge in [0.15, 0.2) is 0 Å². The van der Waals surface area contributed by atoms with Crippen molar-refractivity contribution in [3.8, 4) is 0 Å². The molecule has 0 aliphatic carbocycles. The highest BCUT2D eigenvalue weighted by atomic mass is 35.5. The summed E-state index contributed by atoms with van der Waals surface area (Å²) in [5, 5.41) is 11.0. The average molecular weight is 458 g/mol. The van der Waals surface area contributed by atoms with Crippen molar-refractivity contribution in [3.63, 3.8) is 0 Å². The van der Waals surface area contributed by atoms with E-state index in [9.17, 15) is 31.7 Å². The summed E-state index contributed by atoms with van der Waals surface area (Å²) in [7, 11) is -5.90. The molecule has 0 aromatic heterocycles. The third kappa shape index (κ3) is 5.20. The van der Waals surface area contributed by atoms with Crippen LogP contribution in [0.3, 0.4) is 0 Å². The van der Waals surface area contributed by atoms with Gasteiger partial charge in [0, 0.05) is 6.07 Å². The lowest BCUT2D eigenvalue weighted by molar-refractivity contribution is -0.384. The van der Waals surface area contributed by atoms with Crippen LogP contribution in [0, 0.1) is 16.0 Å². The van der Waals surface area contributed by atoms with Gasteiger partial charge >= 0.3 is 15.6 Å². The number of nitro benzene ring substituents is 1. The normalized spacial score (nSPS) is 21.4. The van der Waals surface area contributed by atoms with Gasteiger partial charge in [-0.15, -0.1) is 0 Å². The number of alkyl halides is 3. The van der Waals surface area contributed by atoms with Crippen LogP contribution in [-0.4, -0.2) is 30.1 Å². The summed E-state index contributed by atoms with van der Waals surface area (Å²) < 4.78 is 72.1. The Balaban J connectivity index is 2.51. The number of nitro groups is 1. The van der Waals surface area contributed by atoms with E-state index in [4.69, 9.17) is 16.3 Å². The summed E-state index contributed by atoms with van der Waals surface area (Å²) in [5.74, 6) is -1.42. The van der Waals surface area contributed by atoms with Crippen molar-refractivity contribution in [2.24, 2.45) is 5.92 Å². The molecule has 7 nitrogen and oxygen atoms in total. The quantitative estimate of drug-likeness (QED) is 0.274. The topological polar surface area (TPSA) is 95.7 Å². The zero-order valence-corrected chi connectivity index (χ0v) is 17.5. The number of nitrogens with zero attached hydrogens (tertiary/aromatic N) is 1. The van der Waals surface area contributed by atoms with Crippen molar-refractivity contribution in [1.82, 2.24) is 0 Å². The molecule has 1 aromatic rings. The number of hydrogen-bond acceptors (Lipinski definition) is 6. The van der Waals surface area contributed by atoms with Crippen LogP contribution in [0.5, 0.6) is 0 Å². The summed E-state index contributed by atoms with van der Waals surface area (Å²) in [4.78, 5) is 10.4. The van der Waals surface area contributed by atoms with Gasteiger partial charge in [-0.2, -0.15) is 21.6 Å². The van der Waals surface area contributed by atoms with Crippen molar-refractivity contribution in [2.75, 3.05) is 0 Å². The molecular weight excluding hydrogens is 439 g/mol. The van der Waals surface area contributed by atoms with Crippen molar-refractivity contribution >= 4 is 27.4 Å². The maximum absolute atomic E-state index is 12.9. The second-order valence-corrected chi connectivity index (χ2v) is 9.58. The lowest BCUT2D eigenvalue weighted by Crippen LogP contribution is -2.48.